The maximum Gasteiger partial charge on any atom is 0.482 e. The van der Waals surface area contributed by atoms with E-state index in [0.29, 0.717) is 5.69 Å². The number of aromatic nitrogens is 1. The lowest BCUT2D eigenvalue weighted by Crippen LogP contribution is -2.50. The number of piperidine rings is 1. The molecule has 1 saturated heterocycles. The number of rotatable bonds is 3. The van der Waals surface area contributed by atoms with E-state index in [9.17, 15) is 8.42 Å². The van der Waals surface area contributed by atoms with Crippen molar-refractivity contribution >= 4 is 21.9 Å². The van der Waals surface area contributed by atoms with Gasteiger partial charge in [0, 0.05) is 31.8 Å². The highest BCUT2D eigenvalue weighted by Gasteiger charge is 2.21. The fourth-order valence-corrected chi connectivity index (χ4v) is 2.65. The van der Waals surface area contributed by atoms with E-state index in [1.165, 1.54) is 6.42 Å². The Labute approximate surface area is 112 Å². The van der Waals surface area contributed by atoms with Crippen LogP contribution in [0.1, 0.15) is 25.0 Å². The lowest BCUT2D eigenvalue weighted by molar-refractivity contribution is -0.849. The Morgan fingerprint density at radius 1 is 1.32 bits per heavy atom. The number of anilines is 2. The summed E-state index contributed by atoms with van der Waals surface area (Å²) in [6.45, 7) is 3.58. The third-order valence-corrected chi connectivity index (χ3v) is 3.43. The number of pyridine rings is 1. The van der Waals surface area contributed by atoms with E-state index in [1.54, 1.807) is 19.1 Å². The van der Waals surface area contributed by atoms with Gasteiger partial charge in [-0.15, -0.1) is 0 Å². The minimum atomic E-state index is -4.59. The molecule has 0 aliphatic carbocycles. The van der Waals surface area contributed by atoms with E-state index in [-0.39, 0.29) is 5.82 Å². The molecular formula is C11H18N3O4S+. The lowest BCUT2D eigenvalue weighted by Gasteiger charge is -2.28. The number of nitrogens with zero attached hydrogens (tertiary/aromatic N) is 2. The van der Waals surface area contributed by atoms with Gasteiger partial charge < -0.3 is 4.90 Å². The molecule has 8 heteroatoms. The smallest absolute Gasteiger partial charge is 0.371 e. The second-order valence-electron chi connectivity index (χ2n) is 4.62. The third kappa shape index (κ3) is 3.48. The Morgan fingerprint density at radius 3 is 2.47 bits per heavy atom. The average molecular weight is 288 g/mol. The molecule has 1 fully saturated rings. The van der Waals surface area contributed by atoms with Crippen LogP contribution in [0.5, 0.6) is 0 Å². The van der Waals surface area contributed by atoms with Crippen molar-refractivity contribution in [1.29, 1.82) is 0 Å². The van der Waals surface area contributed by atoms with Gasteiger partial charge >= 0.3 is 16.2 Å². The standard InChI is InChI=1S/C11H17N3O4S/c1-9-7-10(13-5-3-2-4-6-13)8-11(12)14(9)18-19(15,16)17/h7-8,12H,2-6H2,1H3,(H,15,16,17)/p+1. The Bertz CT molecular complexity index is 544. The van der Waals surface area contributed by atoms with Gasteiger partial charge in [-0.2, -0.15) is 12.7 Å². The molecule has 1 aliphatic rings. The van der Waals surface area contributed by atoms with Gasteiger partial charge in [-0.05, 0) is 24.0 Å². The molecule has 2 heterocycles. The number of hydrogen-bond acceptors (Lipinski definition) is 5. The van der Waals surface area contributed by atoms with Crippen molar-refractivity contribution in [2.45, 2.75) is 26.2 Å². The van der Waals surface area contributed by atoms with Gasteiger partial charge in [0.15, 0.2) is 5.69 Å². The second kappa shape index (κ2) is 5.22. The zero-order valence-electron chi connectivity index (χ0n) is 10.7. The molecule has 0 radical (unpaired) electrons. The zero-order chi connectivity index (χ0) is 14.0. The molecule has 0 aromatic carbocycles. The number of nitrogens with two attached hydrogens (primary N) is 1. The maximum atomic E-state index is 10.7. The summed E-state index contributed by atoms with van der Waals surface area (Å²) < 4.78 is 35.5. The summed E-state index contributed by atoms with van der Waals surface area (Å²) in [5, 5.41) is 0. The number of nitrogen functional groups attached to an aromatic ring is 1. The molecule has 3 N–H and O–H groups in total. The molecule has 0 amide bonds. The van der Waals surface area contributed by atoms with Crippen molar-refractivity contribution in [3.05, 3.63) is 17.8 Å². The summed E-state index contributed by atoms with van der Waals surface area (Å²) in [6, 6.07) is 3.43. The molecular weight excluding hydrogens is 270 g/mol. The van der Waals surface area contributed by atoms with Gasteiger partial charge in [0.25, 0.3) is 0 Å². The van der Waals surface area contributed by atoms with Crippen LogP contribution in [0, 0.1) is 6.92 Å². The molecule has 1 aromatic heterocycles. The molecule has 106 valence electrons. The van der Waals surface area contributed by atoms with Crippen LogP contribution in [0.4, 0.5) is 11.5 Å². The Hall–Kier alpha value is -1.54. The summed E-state index contributed by atoms with van der Waals surface area (Å²) in [4.78, 5) is 2.20. The van der Waals surface area contributed by atoms with Crippen LogP contribution >= 0.6 is 0 Å². The lowest BCUT2D eigenvalue weighted by atomic mass is 10.1. The van der Waals surface area contributed by atoms with E-state index in [0.717, 1.165) is 36.3 Å². The van der Waals surface area contributed by atoms with Crippen LogP contribution in [0.25, 0.3) is 0 Å². The van der Waals surface area contributed by atoms with Crippen molar-refractivity contribution in [1.82, 2.24) is 0 Å². The monoisotopic (exact) mass is 288 g/mol. The molecule has 1 aliphatic heterocycles. The van der Waals surface area contributed by atoms with E-state index in [4.69, 9.17) is 10.3 Å². The van der Waals surface area contributed by atoms with Crippen LogP contribution in [-0.4, -0.2) is 26.1 Å². The Balaban J connectivity index is 2.30. The molecule has 2 rings (SSSR count). The highest BCUT2D eigenvalue weighted by molar-refractivity contribution is 7.80. The summed E-state index contributed by atoms with van der Waals surface area (Å²) in [7, 11) is -4.59. The summed E-state index contributed by atoms with van der Waals surface area (Å²) in [5.74, 6) is 0.123. The Kier molecular flexibility index (Phi) is 3.81. The molecule has 0 bridgehead atoms. The predicted molar refractivity (Wildman–Crippen MR) is 70.0 cm³/mol. The zero-order valence-corrected chi connectivity index (χ0v) is 11.6. The van der Waals surface area contributed by atoms with Crippen molar-refractivity contribution in [2.24, 2.45) is 0 Å². The van der Waals surface area contributed by atoms with Crippen LogP contribution in [-0.2, 0) is 10.4 Å². The van der Waals surface area contributed by atoms with Crippen LogP contribution in [0.15, 0.2) is 12.1 Å². The number of aryl methyl sites for hydroxylation is 1. The number of hydrogen-bond donors (Lipinski definition) is 2. The molecule has 0 saturated carbocycles. The SMILES string of the molecule is Cc1cc(N2CCCCC2)cc(N)[n+]1OS(=O)(=O)O. The average Bonchev–Trinajstić information content (AvgIpc) is 2.33. The highest BCUT2D eigenvalue weighted by atomic mass is 32.3. The van der Waals surface area contributed by atoms with Gasteiger partial charge in [0.2, 0.25) is 0 Å². The van der Waals surface area contributed by atoms with Crippen LogP contribution in [0.3, 0.4) is 0 Å². The quantitative estimate of drug-likeness (QED) is 0.604. The summed E-state index contributed by atoms with van der Waals surface area (Å²) >= 11 is 0. The molecule has 0 atom stereocenters. The normalized spacial score (nSPS) is 16.4. The molecule has 0 spiro atoms. The fourth-order valence-electron chi connectivity index (χ4n) is 2.26. The van der Waals surface area contributed by atoms with Gasteiger partial charge in [-0.25, -0.2) is 0 Å². The summed E-state index contributed by atoms with van der Waals surface area (Å²) in [5.41, 5.74) is 7.21. The minimum absolute atomic E-state index is 0.123. The van der Waals surface area contributed by atoms with Crippen LogP contribution in [0.2, 0.25) is 0 Å². The van der Waals surface area contributed by atoms with Crippen molar-refractivity contribution < 1.29 is 22.0 Å². The van der Waals surface area contributed by atoms with Gasteiger partial charge in [0.05, 0.1) is 6.07 Å². The largest absolute Gasteiger partial charge is 0.482 e. The maximum absolute atomic E-state index is 10.7. The first-order valence-electron chi connectivity index (χ1n) is 6.11. The Morgan fingerprint density at radius 2 is 1.95 bits per heavy atom. The first-order valence-corrected chi connectivity index (χ1v) is 7.48. The van der Waals surface area contributed by atoms with Crippen molar-refractivity contribution in [3.63, 3.8) is 0 Å². The van der Waals surface area contributed by atoms with Crippen molar-refractivity contribution in [2.75, 3.05) is 23.7 Å². The van der Waals surface area contributed by atoms with Gasteiger partial charge in [-0.1, -0.05) is 0 Å². The second-order valence-corrected chi connectivity index (χ2v) is 5.63. The highest BCUT2D eigenvalue weighted by Crippen LogP contribution is 2.21. The summed E-state index contributed by atoms with van der Waals surface area (Å²) in [6.07, 6.45) is 3.49. The molecule has 19 heavy (non-hydrogen) atoms. The predicted octanol–water partition coefficient (Wildman–Crippen LogP) is 0.0864. The molecule has 1 aromatic rings. The van der Waals surface area contributed by atoms with E-state index >= 15 is 0 Å². The topological polar surface area (TPSA) is 96.7 Å². The van der Waals surface area contributed by atoms with Crippen LogP contribution < -0.4 is 19.6 Å². The molecule has 7 nitrogen and oxygen atoms in total. The fraction of sp³-hybridized carbons (Fsp3) is 0.545. The van der Waals surface area contributed by atoms with Gasteiger partial charge in [-0.3, -0.25) is 10.3 Å². The van der Waals surface area contributed by atoms with E-state index in [2.05, 4.69) is 9.18 Å². The minimum Gasteiger partial charge on any atom is -0.371 e. The first kappa shape index (κ1) is 13.9. The van der Waals surface area contributed by atoms with Gasteiger partial charge in [0.1, 0.15) is 0 Å². The van der Waals surface area contributed by atoms with E-state index in [1.807, 2.05) is 0 Å². The molecule has 0 unspecified atom stereocenters. The third-order valence-electron chi connectivity index (χ3n) is 3.10. The van der Waals surface area contributed by atoms with E-state index < -0.39 is 10.4 Å². The first-order chi connectivity index (χ1) is 8.87. The van der Waals surface area contributed by atoms with Crippen molar-refractivity contribution in [3.8, 4) is 0 Å².